The molecule has 2 rings (SSSR count). The maximum Gasteiger partial charge on any atom is 0.309 e. The van der Waals surface area contributed by atoms with Gasteiger partial charge in [-0.15, -0.1) is 0 Å². The number of aliphatic carboxylic acids is 1. The molecule has 0 aliphatic carbocycles. The highest BCUT2D eigenvalue weighted by Gasteiger charge is 2.31. The first-order chi connectivity index (χ1) is 9.33. The molecule has 0 bridgehead atoms. The summed E-state index contributed by atoms with van der Waals surface area (Å²) in [6, 6.07) is 9.67. The Bertz CT molecular complexity index is 649. The first-order valence-electron chi connectivity index (χ1n) is 6.41. The Kier molecular flexibility index (Phi) is 3.77. The Labute approximate surface area is 116 Å². The van der Waals surface area contributed by atoms with Gasteiger partial charge >= 0.3 is 5.97 Å². The molecule has 0 heterocycles. The SMILES string of the molecule is CC(C)(CC(O)c1ccc(F)c2ccccc12)C(=O)O. The first kappa shape index (κ1) is 14.5. The molecule has 0 aliphatic rings. The minimum absolute atomic E-state index is 0.0674. The van der Waals surface area contributed by atoms with Crippen LogP contribution in [0.4, 0.5) is 4.39 Å². The lowest BCUT2D eigenvalue weighted by Gasteiger charge is -2.23. The van der Waals surface area contributed by atoms with E-state index in [1.807, 2.05) is 0 Å². The second-order valence-electron chi connectivity index (χ2n) is 5.59. The van der Waals surface area contributed by atoms with Crippen LogP contribution < -0.4 is 0 Å². The summed E-state index contributed by atoms with van der Waals surface area (Å²) < 4.78 is 13.7. The molecular formula is C16H17FO3. The number of hydrogen-bond acceptors (Lipinski definition) is 2. The Balaban J connectivity index is 2.43. The zero-order valence-electron chi connectivity index (χ0n) is 11.4. The summed E-state index contributed by atoms with van der Waals surface area (Å²) in [4.78, 5) is 11.1. The molecule has 3 nitrogen and oxygen atoms in total. The van der Waals surface area contributed by atoms with Crippen LogP contribution in [-0.2, 0) is 4.79 Å². The minimum atomic E-state index is -1.05. The Morgan fingerprint density at radius 2 is 1.80 bits per heavy atom. The standard InChI is InChI=1S/C16H17FO3/c1-16(2,15(19)20)9-14(18)12-7-8-13(17)11-6-4-3-5-10(11)12/h3-8,14,18H,9H2,1-2H3,(H,19,20). The molecule has 1 unspecified atom stereocenters. The Morgan fingerprint density at radius 3 is 2.40 bits per heavy atom. The van der Waals surface area contributed by atoms with Crippen LogP contribution in [-0.4, -0.2) is 16.2 Å². The Morgan fingerprint density at radius 1 is 1.20 bits per heavy atom. The molecule has 2 aromatic carbocycles. The molecule has 2 aromatic rings. The minimum Gasteiger partial charge on any atom is -0.481 e. The fourth-order valence-electron chi connectivity index (χ4n) is 2.26. The van der Waals surface area contributed by atoms with Gasteiger partial charge in [-0.25, -0.2) is 4.39 Å². The van der Waals surface area contributed by atoms with E-state index >= 15 is 0 Å². The molecule has 0 fully saturated rings. The number of aliphatic hydroxyl groups excluding tert-OH is 1. The van der Waals surface area contributed by atoms with E-state index in [0.717, 1.165) is 0 Å². The van der Waals surface area contributed by atoms with Crippen molar-refractivity contribution in [1.82, 2.24) is 0 Å². The number of carboxylic acid groups (broad SMARTS) is 1. The van der Waals surface area contributed by atoms with Crippen molar-refractivity contribution >= 4 is 16.7 Å². The lowest BCUT2D eigenvalue weighted by atomic mass is 9.84. The van der Waals surface area contributed by atoms with Crippen LogP contribution >= 0.6 is 0 Å². The first-order valence-corrected chi connectivity index (χ1v) is 6.41. The molecule has 4 heteroatoms. The van der Waals surface area contributed by atoms with E-state index in [4.69, 9.17) is 5.11 Å². The summed E-state index contributed by atoms with van der Waals surface area (Å²) in [7, 11) is 0. The number of benzene rings is 2. The molecule has 0 saturated heterocycles. The molecule has 0 saturated carbocycles. The third-order valence-corrected chi connectivity index (χ3v) is 3.55. The van der Waals surface area contributed by atoms with E-state index in [-0.39, 0.29) is 12.2 Å². The van der Waals surface area contributed by atoms with E-state index in [1.165, 1.54) is 12.1 Å². The van der Waals surface area contributed by atoms with Crippen LogP contribution in [0.15, 0.2) is 36.4 Å². The average molecular weight is 276 g/mol. The predicted octanol–water partition coefficient (Wildman–Crippen LogP) is 3.51. The van der Waals surface area contributed by atoms with Crippen LogP contribution in [0.5, 0.6) is 0 Å². The average Bonchev–Trinajstić information content (AvgIpc) is 2.38. The van der Waals surface area contributed by atoms with Crippen molar-refractivity contribution < 1.29 is 19.4 Å². The number of rotatable bonds is 4. The third kappa shape index (κ3) is 2.65. The molecule has 20 heavy (non-hydrogen) atoms. The summed E-state index contributed by atoms with van der Waals surface area (Å²) in [5.41, 5.74) is -0.495. The number of carbonyl (C=O) groups is 1. The normalized spacial score (nSPS) is 13.4. The van der Waals surface area contributed by atoms with Crippen molar-refractivity contribution in [3.8, 4) is 0 Å². The van der Waals surface area contributed by atoms with Gasteiger partial charge in [-0.2, -0.15) is 0 Å². The lowest BCUT2D eigenvalue weighted by Crippen LogP contribution is -2.26. The summed E-state index contributed by atoms with van der Waals surface area (Å²) >= 11 is 0. The number of aliphatic hydroxyl groups is 1. The van der Waals surface area contributed by atoms with Crippen molar-refractivity contribution in [2.45, 2.75) is 26.4 Å². The molecule has 0 radical (unpaired) electrons. The van der Waals surface area contributed by atoms with Crippen molar-refractivity contribution in [3.05, 3.63) is 47.8 Å². The van der Waals surface area contributed by atoms with Gasteiger partial charge in [-0.3, -0.25) is 4.79 Å². The van der Waals surface area contributed by atoms with Crippen LogP contribution in [0.25, 0.3) is 10.8 Å². The van der Waals surface area contributed by atoms with Crippen molar-refractivity contribution in [1.29, 1.82) is 0 Å². The summed E-state index contributed by atoms with van der Waals surface area (Å²) in [5.74, 6) is -1.32. The van der Waals surface area contributed by atoms with E-state index < -0.39 is 17.5 Å². The molecule has 2 N–H and O–H groups in total. The maximum absolute atomic E-state index is 13.7. The second-order valence-corrected chi connectivity index (χ2v) is 5.59. The van der Waals surface area contributed by atoms with Gasteiger partial charge in [0.1, 0.15) is 5.82 Å². The fourth-order valence-corrected chi connectivity index (χ4v) is 2.26. The molecule has 0 spiro atoms. The van der Waals surface area contributed by atoms with Gasteiger partial charge in [-0.1, -0.05) is 30.3 Å². The van der Waals surface area contributed by atoms with Crippen molar-refractivity contribution in [2.24, 2.45) is 5.41 Å². The third-order valence-electron chi connectivity index (χ3n) is 3.55. The zero-order chi connectivity index (χ0) is 14.9. The second kappa shape index (κ2) is 5.21. The van der Waals surface area contributed by atoms with Crippen LogP contribution in [0, 0.1) is 11.2 Å². The van der Waals surface area contributed by atoms with Gasteiger partial charge in [0.15, 0.2) is 0 Å². The lowest BCUT2D eigenvalue weighted by molar-refractivity contribution is -0.148. The number of fused-ring (bicyclic) bond motifs is 1. The molecule has 1 atom stereocenters. The molecule has 106 valence electrons. The molecule has 0 amide bonds. The zero-order valence-corrected chi connectivity index (χ0v) is 11.4. The van der Waals surface area contributed by atoms with E-state index in [2.05, 4.69) is 0 Å². The fraction of sp³-hybridized carbons (Fsp3) is 0.312. The Hall–Kier alpha value is -1.94. The van der Waals surface area contributed by atoms with E-state index in [0.29, 0.717) is 16.3 Å². The highest BCUT2D eigenvalue weighted by molar-refractivity contribution is 5.86. The highest BCUT2D eigenvalue weighted by Crippen LogP contribution is 2.34. The smallest absolute Gasteiger partial charge is 0.309 e. The topological polar surface area (TPSA) is 57.5 Å². The number of hydrogen-bond donors (Lipinski definition) is 2. The molecule has 0 aliphatic heterocycles. The van der Waals surface area contributed by atoms with Gasteiger partial charge in [0.25, 0.3) is 0 Å². The summed E-state index contributed by atoms with van der Waals surface area (Å²) in [5, 5.41) is 20.5. The quantitative estimate of drug-likeness (QED) is 0.898. The molecule has 0 aromatic heterocycles. The van der Waals surface area contributed by atoms with Crippen LogP contribution in [0.3, 0.4) is 0 Å². The van der Waals surface area contributed by atoms with Gasteiger partial charge in [-0.05, 0) is 37.3 Å². The van der Waals surface area contributed by atoms with E-state index in [9.17, 15) is 14.3 Å². The highest BCUT2D eigenvalue weighted by atomic mass is 19.1. The van der Waals surface area contributed by atoms with Crippen molar-refractivity contribution in [2.75, 3.05) is 0 Å². The van der Waals surface area contributed by atoms with Gasteiger partial charge in [0.2, 0.25) is 0 Å². The van der Waals surface area contributed by atoms with Crippen LogP contribution in [0.2, 0.25) is 0 Å². The number of halogens is 1. The van der Waals surface area contributed by atoms with Gasteiger partial charge in [0, 0.05) is 5.39 Å². The van der Waals surface area contributed by atoms with E-state index in [1.54, 1.807) is 38.1 Å². The largest absolute Gasteiger partial charge is 0.481 e. The van der Waals surface area contributed by atoms with Gasteiger partial charge < -0.3 is 10.2 Å². The number of carboxylic acids is 1. The molecular weight excluding hydrogens is 259 g/mol. The summed E-state index contributed by atoms with van der Waals surface area (Å²) in [6.45, 7) is 3.12. The summed E-state index contributed by atoms with van der Waals surface area (Å²) in [6.07, 6.45) is -0.885. The van der Waals surface area contributed by atoms with Gasteiger partial charge in [0.05, 0.1) is 11.5 Å². The predicted molar refractivity (Wildman–Crippen MR) is 74.9 cm³/mol. The monoisotopic (exact) mass is 276 g/mol. The van der Waals surface area contributed by atoms with Crippen LogP contribution in [0.1, 0.15) is 31.9 Å². The maximum atomic E-state index is 13.7. The van der Waals surface area contributed by atoms with Crippen molar-refractivity contribution in [3.63, 3.8) is 0 Å².